The van der Waals surface area contributed by atoms with E-state index in [1.807, 2.05) is 30.3 Å². The summed E-state index contributed by atoms with van der Waals surface area (Å²) in [6.07, 6.45) is -5.16. The van der Waals surface area contributed by atoms with Crippen LogP contribution in [0.5, 0.6) is 0 Å². The van der Waals surface area contributed by atoms with Crippen molar-refractivity contribution < 1.29 is 23.1 Å². The molecule has 0 bridgehead atoms. The molecule has 2 aliphatic rings. The second-order valence-corrected chi connectivity index (χ2v) is 6.18. The van der Waals surface area contributed by atoms with Crippen molar-refractivity contribution in [2.75, 3.05) is 19.6 Å². The molecule has 0 radical (unpaired) electrons. The van der Waals surface area contributed by atoms with Crippen LogP contribution in [0.4, 0.5) is 13.2 Å². The average molecular weight is 328 g/mol. The highest BCUT2D eigenvalue weighted by molar-refractivity contribution is 5.82. The van der Waals surface area contributed by atoms with Crippen molar-refractivity contribution >= 4 is 5.91 Å². The molecule has 2 saturated heterocycles. The maximum atomic E-state index is 12.9. The molecule has 2 N–H and O–H groups in total. The molecule has 2 heterocycles. The Morgan fingerprint density at radius 2 is 1.96 bits per heavy atom. The molecule has 0 aliphatic carbocycles. The highest BCUT2D eigenvalue weighted by atomic mass is 19.4. The molecule has 4 atom stereocenters. The van der Waals surface area contributed by atoms with Crippen molar-refractivity contribution in [1.82, 2.24) is 10.2 Å². The van der Waals surface area contributed by atoms with Gasteiger partial charge < -0.3 is 15.3 Å². The molecule has 0 saturated carbocycles. The monoisotopic (exact) mass is 328 g/mol. The second-order valence-electron chi connectivity index (χ2n) is 6.18. The first-order chi connectivity index (χ1) is 10.9. The summed E-state index contributed by atoms with van der Waals surface area (Å²) in [5.74, 6) is -2.50. The lowest BCUT2D eigenvalue weighted by atomic mass is 9.81. The number of nitrogens with zero attached hydrogens (tertiary/aromatic N) is 1. The minimum atomic E-state index is -4.90. The molecule has 2 fully saturated rings. The van der Waals surface area contributed by atoms with E-state index in [0.717, 1.165) is 10.5 Å². The lowest BCUT2D eigenvalue weighted by Crippen LogP contribution is -2.49. The number of benzene rings is 1. The normalized spacial score (nSPS) is 31.6. The Kier molecular flexibility index (Phi) is 4.33. The first-order valence-electron chi connectivity index (χ1n) is 7.71. The van der Waals surface area contributed by atoms with Gasteiger partial charge in [-0.05, 0) is 18.5 Å². The third-order valence-electron chi connectivity index (χ3n) is 4.85. The van der Waals surface area contributed by atoms with Crippen molar-refractivity contribution in [3.05, 3.63) is 35.9 Å². The molecule has 1 amide bonds. The third-order valence-corrected chi connectivity index (χ3v) is 4.85. The topological polar surface area (TPSA) is 52.6 Å². The Morgan fingerprint density at radius 3 is 2.61 bits per heavy atom. The Balaban J connectivity index is 1.96. The molecular weight excluding hydrogens is 309 g/mol. The zero-order valence-electron chi connectivity index (χ0n) is 12.5. The second kappa shape index (κ2) is 6.13. The Bertz CT molecular complexity index is 564. The van der Waals surface area contributed by atoms with Gasteiger partial charge in [0.2, 0.25) is 0 Å². The van der Waals surface area contributed by atoms with Gasteiger partial charge in [-0.1, -0.05) is 30.3 Å². The molecule has 4 nitrogen and oxygen atoms in total. The molecule has 3 rings (SSSR count). The van der Waals surface area contributed by atoms with Crippen LogP contribution in [-0.4, -0.2) is 53.9 Å². The number of carbonyl (C=O) groups excluding carboxylic acids is 1. The summed E-state index contributed by atoms with van der Waals surface area (Å²) in [5.41, 5.74) is 0.862. The first-order valence-corrected chi connectivity index (χ1v) is 7.71. The molecule has 1 aromatic carbocycles. The summed E-state index contributed by atoms with van der Waals surface area (Å²) in [5, 5.41) is 13.5. The summed E-state index contributed by atoms with van der Waals surface area (Å²) in [7, 11) is 0. The van der Waals surface area contributed by atoms with Crippen LogP contribution in [0.15, 0.2) is 30.3 Å². The standard InChI is InChI=1S/C16H19F3N2O2/c17-16(18,19)15(23)21-9-11(10-4-2-1-3-5-10)14-12(21)8-20-7-6-13(14)22/h1-5,11-14,20,22H,6-9H2/t11-,12+,13+,14-/m0/s1. The fourth-order valence-electron chi connectivity index (χ4n) is 3.83. The lowest BCUT2D eigenvalue weighted by Gasteiger charge is -2.29. The van der Waals surface area contributed by atoms with Crippen molar-refractivity contribution in [2.24, 2.45) is 5.92 Å². The number of rotatable bonds is 1. The van der Waals surface area contributed by atoms with E-state index in [-0.39, 0.29) is 19.0 Å². The van der Waals surface area contributed by atoms with Gasteiger partial charge in [0.1, 0.15) is 0 Å². The van der Waals surface area contributed by atoms with E-state index in [0.29, 0.717) is 13.0 Å². The van der Waals surface area contributed by atoms with E-state index < -0.39 is 30.1 Å². The molecule has 23 heavy (non-hydrogen) atoms. The molecule has 0 spiro atoms. The number of likely N-dealkylation sites (tertiary alicyclic amines) is 1. The van der Waals surface area contributed by atoms with Crippen LogP contribution >= 0.6 is 0 Å². The van der Waals surface area contributed by atoms with Crippen LogP contribution in [0.1, 0.15) is 17.9 Å². The quantitative estimate of drug-likeness (QED) is 0.822. The predicted molar refractivity (Wildman–Crippen MR) is 77.7 cm³/mol. The fourth-order valence-corrected chi connectivity index (χ4v) is 3.83. The molecule has 0 unspecified atom stereocenters. The van der Waals surface area contributed by atoms with Crippen LogP contribution in [0, 0.1) is 5.92 Å². The van der Waals surface area contributed by atoms with E-state index in [2.05, 4.69) is 5.32 Å². The highest BCUT2D eigenvalue weighted by Gasteiger charge is 2.53. The molecule has 126 valence electrons. The van der Waals surface area contributed by atoms with Crippen molar-refractivity contribution in [3.63, 3.8) is 0 Å². The van der Waals surface area contributed by atoms with Gasteiger partial charge in [-0.25, -0.2) is 0 Å². The number of hydrogen-bond donors (Lipinski definition) is 2. The largest absolute Gasteiger partial charge is 0.471 e. The van der Waals surface area contributed by atoms with Crippen LogP contribution in [0.2, 0.25) is 0 Å². The zero-order valence-corrected chi connectivity index (χ0v) is 12.5. The summed E-state index contributed by atoms with van der Waals surface area (Å²) < 4.78 is 38.7. The molecule has 1 aromatic rings. The molecular formula is C16H19F3N2O2. The van der Waals surface area contributed by atoms with E-state index in [9.17, 15) is 23.1 Å². The number of amides is 1. The number of aliphatic hydroxyl groups is 1. The molecule has 2 aliphatic heterocycles. The number of fused-ring (bicyclic) bond motifs is 1. The SMILES string of the molecule is O=C(N1C[C@@H](c2ccccc2)[C@@H]2[C@H](O)CCNC[C@H]21)C(F)(F)F. The van der Waals surface area contributed by atoms with Crippen LogP contribution < -0.4 is 5.32 Å². The van der Waals surface area contributed by atoms with Gasteiger partial charge in [-0.2, -0.15) is 13.2 Å². The maximum Gasteiger partial charge on any atom is 0.471 e. The Morgan fingerprint density at radius 1 is 1.26 bits per heavy atom. The van der Waals surface area contributed by atoms with Gasteiger partial charge in [0, 0.05) is 24.9 Å². The maximum absolute atomic E-state index is 12.9. The summed E-state index contributed by atoms with van der Waals surface area (Å²) in [4.78, 5) is 12.7. The van der Waals surface area contributed by atoms with E-state index in [1.54, 1.807) is 0 Å². The van der Waals surface area contributed by atoms with Crippen molar-refractivity contribution in [3.8, 4) is 0 Å². The van der Waals surface area contributed by atoms with Crippen LogP contribution in [0.3, 0.4) is 0 Å². The van der Waals surface area contributed by atoms with Crippen molar-refractivity contribution in [2.45, 2.75) is 30.7 Å². The molecule has 7 heteroatoms. The minimum absolute atomic E-state index is 0.0174. The van der Waals surface area contributed by atoms with E-state index >= 15 is 0 Å². The van der Waals surface area contributed by atoms with Gasteiger partial charge in [-0.3, -0.25) is 4.79 Å². The number of halogens is 3. The Hall–Kier alpha value is -1.60. The van der Waals surface area contributed by atoms with Crippen molar-refractivity contribution in [1.29, 1.82) is 0 Å². The fraction of sp³-hybridized carbons (Fsp3) is 0.562. The summed E-state index contributed by atoms with van der Waals surface area (Å²) in [6, 6.07) is 8.51. The van der Waals surface area contributed by atoms with Crippen LogP contribution in [0.25, 0.3) is 0 Å². The van der Waals surface area contributed by atoms with Crippen LogP contribution in [-0.2, 0) is 4.79 Å². The van der Waals surface area contributed by atoms with E-state index in [1.165, 1.54) is 0 Å². The Labute approximate surface area is 132 Å². The van der Waals surface area contributed by atoms with Gasteiger partial charge in [0.05, 0.1) is 12.1 Å². The van der Waals surface area contributed by atoms with Gasteiger partial charge in [0.25, 0.3) is 0 Å². The smallest absolute Gasteiger partial charge is 0.393 e. The summed E-state index contributed by atoms with van der Waals surface area (Å²) >= 11 is 0. The number of aliphatic hydroxyl groups excluding tert-OH is 1. The summed E-state index contributed by atoms with van der Waals surface area (Å²) in [6.45, 7) is 0.785. The first kappa shape index (κ1) is 16.3. The highest BCUT2D eigenvalue weighted by Crippen LogP contribution is 2.42. The van der Waals surface area contributed by atoms with Gasteiger partial charge in [0.15, 0.2) is 0 Å². The zero-order chi connectivity index (χ0) is 16.6. The third kappa shape index (κ3) is 3.07. The molecule has 0 aromatic heterocycles. The number of alkyl halides is 3. The average Bonchev–Trinajstić information content (AvgIpc) is 2.79. The minimum Gasteiger partial charge on any atom is -0.393 e. The lowest BCUT2D eigenvalue weighted by molar-refractivity contribution is -0.186. The van der Waals surface area contributed by atoms with Gasteiger partial charge >= 0.3 is 12.1 Å². The van der Waals surface area contributed by atoms with E-state index in [4.69, 9.17) is 0 Å². The predicted octanol–water partition coefficient (Wildman–Crippen LogP) is 1.51. The van der Waals surface area contributed by atoms with Gasteiger partial charge in [-0.15, -0.1) is 0 Å². The number of nitrogens with one attached hydrogen (secondary N) is 1. The number of hydrogen-bond acceptors (Lipinski definition) is 3. The number of carbonyl (C=O) groups is 1.